The molecule has 1 N–H and O–H groups in total. The fraction of sp³-hybridized carbons (Fsp3) is 0.600. The molecular formula is C10H15BrN2OS. The zero-order valence-corrected chi connectivity index (χ0v) is 11.3. The van der Waals surface area contributed by atoms with Crippen molar-refractivity contribution < 1.29 is 4.79 Å². The highest BCUT2D eigenvalue weighted by Crippen LogP contribution is 2.13. The topological polar surface area (TPSA) is 42.0 Å². The summed E-state index contributed by atoms with van der Waals surface area (Å²) in [6.45, 7) is 4.60. The predicted molar refractivity (Wildman–Crippen MR) is 66.3 cm³/mol. The quantitative estimate of drug-likeness (QED) is 0.847. The first-order valence-corrected chi connectivity index (χ1v) is 6.76. The number of carbonyl (C=O) groups is 1. The van der Waals surface area contributed by atoms with Crippen molar-refractivity contribution in [2.75, 3.05) is 0 Å². The van der Waals surface area contributed by atoms with E-state index < -0.39 is 0 Å². The molecule has 1 heterocycles. The number of nitrogens with one attached hydrogen (secondary N) is 1. The summed E-state index contributed by atoms with van der Waals surface area (Å²) in [7, 11) is 0. The van der Waals surface area contributed by atoms with Crippen LogP contribution in [-0.4, -0.2) is 15.7 Å². The molecule has 0 aliphatic carbocycles. The van der Waals surface area contributed by atoms with Gasteiger partial charge in [-0.15, -0.1) is 11.3 Å². The van der Waals surface area contributed by atoms with Gasteiger partial charge < -0.3 is 5.32 Å². The van der Waals surface area contributed by atoms with Gasteiger partial charge >= 0.3 is 0 Å². The first-order valence-electron chi connectivity index (χ1n) is 5.02. The van der Waals surface area contributed by atoms with Crippen molar-refractivity contribution in [1.29, 1.82) is 0 Å². The first kappa shape index (κ1) is 12.6. The van der Waals surface area contributed by atoms with E-state index in [1.165, 1.54) is 4.88 Å². The van der Waals surface area contributed by atoms with Gasteiger partial charge in [0.2, 0.25) is 5.91 Å². The lowest BCUT2D eigenvalue weighted by atomic mass is 10.3. The van der Waals surface area contributed by atoms with Gasteiger partial charge in [-0.1, -0.05) is 29.8 Å². The molecule has 0 bridgehead atoms. The SMILES string of the molecule is CCc1cnc(CNC(=O)C(Br)CC)s1. The average molecular weight is 291 g/mol. The van der Waals surface area contributed by atoms with Crippen LogP contribution in [-0.2, 0) is 17.8 Å². The Hall–Kier alpha value is -0.420. The summed E-state index contributed by atoms with van der Waals surface area (Å²) in [5.74, 6) is 0.0331. The van der Waals surface area contributed by atoms with Gasteiger partial charge in [-0.3, -0.25) is 4.79 Å². The number of nitrogens with zero attached hydrogens (tertiary/aromatic N) is 1. The van der Waals surface area contributed by atoms with Crippen LogP contribution in [0.4, 0.5) is 0 Å². The first-order chi connectivity index (χ1) is 7.17. The molecule has 0 aliphatic heterocycles. The average Bonchev–Trinajstić information content (AvgIpc) is 2.72. The highest BCUT2D eigenvalue weighted by Gasteiger charge is 2.12. The highest BCUT2D eigenvalue weighted by atomic mass is 79.9. The minimum Gasteiger partial charge on any atom is -0.349 e. The van der Waals surface area contributed by atoms with Gasteiger partial charge in [0.1, 0.15) is 5.01 Å². The number of thiazole rings is 1. The predicted octanol–water partition coefficient (Wildman–Crippen LogP) is 2.50. The van der Waals surface area contributed by atoms with Gasteiger partial charge in [0.25, 0.3) is 0 Å². The van der Waals surface area contributed by atoms with Crippen molar-refractivity contribution in [2.45, 2.75) is 38.1 Å². The Bertz CT molecular complexity index is 327. The Balaban J connectivity index is 2.40. The molecule has 0 aromatic carbocycles. The second-order valence-corrected chi connectivity index (χ2v) is 5.47. The molecule has 1 amide bonds. The van der Waals surface area contributed by atoms with E-state index in [2.05, 4.69) is 33.2 Å². The Kier molecular flexibility index (Phi) is 5.25. The van der Waals surface area contributed by atoms with E-state index in [1.807, 2.05) is 13.1 Å². The van der Waals surface area contributed by atoms with E-state index in [-0.39, 0.29) is 10.7 Å². The van der Waals surface area contributed by atoms with Crippen LogP contribution in [0, 0.1) is 0 Å². The van der Waals surface area contributed by atoms with Crippen LogP contribution in [0.1, 0.15) is 30.2 Å². The van der Waals surface area contributed by atoms with Crippen molar-refractivity contribution in [3.63, 3.8) is 0 Å². The lowest BCUT2D eigenvalue weighted by Crippen LogP contribution is -2.30. The summed E-state index contributed by atoms with van der Waals surface area (Å²) in [6.07, 6.45) is 3.67. The molecule has 1 rings (SSSR count). The minimum absolute atomic E-state index is 0.0331. The molecule has 0 saturated heterocycles. The monoisotopic (exact) mass is 290 g/mol. The third-order valence-corrected chi connectivity index (χ3v) is 4.21. The van der Waals surface area contributed by atoms with Gasteiger partial charge in [-0.05, 0) is 12.8 Å². The van der Waals surface area contributed by atoms with Crippen LogP contribution >= 0.6 is 27.3 Å². The molecule has 1 aromatic rings. The normalized spacial score (nSPS) is 12.5. The Labute approximate surface area is 102 Å². The van der Waals surface area contributed by atoms with E-state index >= 15 is 0 Å². The second-order valence-electron chi connectivity index (χ2n) is 3.17. The third kappa shape index (κ3) is 3.91. The van der Waals surface area contributed by atoms with Gasteiger partial charge in [0.15, 0.2) is 0 Å². The molecule has 0 fully saturated rings. The van der Waals surface area contributed by atoms with E-state index in [4.69, 9.17) is 0 Å². The summed E-state index contributed by atoms with van der Waals surface area (Å²) in [5, 5.41) is 3.82. The van der Waals surface area contributed by atoms with E-state index in [9.17, 15) is 4.79 Å². The van der Waals surface area contributed by atoms with Crippen LogP contribution < -0.4 is 5.32 Å². The lowest BCUT2D eigenvalue weighted by molar-refractivity contribution is -0.120. The second kappa shape index (κ2) is 6.23. The minimum atomic E-state index is -0.0943. The molecule has 5 heteroatoms. The molecule has 84 valence electrons. The molecule has 1 unspecified atom stereocenters. The van der Waals surface area contributed by atoms with E-state index in [0.717, 1.165) is 17.8 Å². The summed E-state index contributed by atoms with van der Waals surface area (Å²) in [4.78, 5) is 16.8. The van der Waals surface area contributed by atoms with E-state index in [0.29, 0.717) is 6.54 Å². The van der Waals surface area contributed by atoms with Crippen LogP contribution in [0.2, 0.25) is 0 Å². The zero-order chi connectivity index (χ0) is 11.3. The highest BCUT2D eigenvalue weighted by molar-refractivity contribution is 9.10. The maximum Gasteiger partial charge on any atom is 0.234 e. The van der Waals surface area contributed by atoms with Crippen LogP contribution in [0.25, 0.3) is 0 Å². The van der Waals surface area contributed by atoms with Gasteiger partial charge in [-0.25, -0.2) is 4.98 Å². The number of hydrogen-bond donors (Lipinski definition) is 1. The Morgan fingerprint density at radius 1 is 1.67 bits per heavy atom. The molecule has 15 heavy (non-hydrogen) atoms. The maximum absolute atomic E-state index is 11.4. The summed E-state index contributed by atoms with van der Waals surface area (Å²) >= 11 is 4.96. The number of carbonyl (C=O) groups excluding carboxylic acids is 1. The van der Waals surface area contributed by atoms with Crippen molar-refractivity contribution in [2.24, 2.45) is 0 Å². The molecule has 1 aromatic heterocycles. The van der Waals surface area contributed by atoms with Crippen molar-refractivity contribution >= 4 is 33.2 Å². The van der Waals surface area contributed by atoms with Gasteiger partial charge in [0.05, 0.1) is 11.4 Å². The number of aromatic nitrogens is 1. The largest absolute Gasteiger partial charge is 0.349 e. The lowest BCUT2D eigenvalue weighted by Gasteiger charge is -2.06. The van der Waals surface area contributed by atoms with Crippen LogP contribution in [0.3, 0.4) is 0 Å². The number of aryl methyl sites for hydroxylation is 1. The van der Waals surface area contributed by atoms with Crippen LogP contribution in [0.5, 0.6) is 0 Å². The zero-order valence-electron chi connectivity index (χ0n) is 8.92. The van der Waals surface area contributed by atoms with E-state index in [1.54, 1.807) is 11.3 Å². The number of amides is 1. The number of hydrogen-bond acceptors (Lipinski definition) is 3. The molecule has 0 aliphatic rings. The Morgan fingerprint density at radius 3 is 2.93 bits per heavy atom. The van der Waals surface area contributed by atoms with Crippen molar-refractivity contribution in [1.82, 2.24) is 10.3 Å². The van der Waals surface area contributed by atoms with Crippen molar-refractivity contribution in [3.8, 4) is 0 Å². The van der Waals surface area contributed by atoms with Gasteiger partial charge in [0, 0.05) is 11.1 Å². The molecule has 0 saturated carbocycles. The molecule has 0 radical (unpaired) electrons. The number of alkyl halides is 1. The molecular weight excluding hydrogens is 276 g/mol. The van der Waals surface area contributed by atoms with Crippen LogP contribution in [0.15, 0.2) is 6.20 Å². The molecule has 3 nitrogen and oxygen atoms in total. The van der Waals surface area contributed by atoms with Crippen molar-refractivity contribution in [3.05, 3.63) is 16.1 Å². The fourth-order valence-corrected chi connectivity index (χ4v) is 2.02. The summed E-state index contributed by atoms with van der Waals surface area (Å²) in [6, 6.07) is 0. The number of halogens is 1. The standard InChI is InChI=1S/C10H15BrN2OS/c1-3-7-5-12-9(15-7)6-13-10(14)8(11)4-2/h5,8H,3-4,6H2,1-2H3,(H,13,14). The summed E-state index contributed by atoms with van der Waals surface area (Å²) in [5.41, 5.74) is 0. The molecule has 1 atom stereocenters. The molecule has 0 spiro atoms. The smallest absolute Gasteiger partial charge is 0.234 e. The Morgan fingerprint density at radius 2 is 2.40 bits per heavy atom. The van der Waals surface area contributed by atoms with Gasteiger partial charge in [-0.2, -0.15) is 0 Å². The number of rotatable bonds is 5. The maximum atomic E-state index is 11.4. The summed E-state index contributed by atoms with van der Waals surface area (Å²) < 4.78 is 0. The third-order valence-electron chi connectivity index (χ3n) is 2.01. The fourth-order valence-electron chi connectivity index (χ4n) is 1.05.